The molecule has 0 aliphatic rings. The van der Waals surface area contributed by atoms with Gasteiger partial charge >= 0.3 is 0 Å². The number of hydrogen-bond acceptors (Lipinski definition) is 6. The normalized spacial score (nSPS) is 12.3. The average molecular weight is 242 g/mol. The molecular formula is C10H14N2O5. The van der Waals surface area contributed by atoms with Gasteiger partial charge in [-0.3, -0.25) is 4.79 Å². The van der Waals surface area contributed by atoms with Gasteiger partial charge in [-0.15, -0.1) is 0 Å². The van der Waals surface area contributed by atoms with Crippen LogP contribution in [0.25, 0.3) is 0 Å². The molecule has 1 atom stereocenters. The molecular weight excluding hydrogens is 228 g/mol. The van der Waals surface area contributed by atoms with E-state index in [4.69, 9.17) is 15.9 Å². The summed E-state index contributed by atoms with van der Waals surface area (Å²) in [5.41, 5.74) is 5.15. The molecule has 0 saturated heterocycles. The zero-order valence-electron chi connectivity index (χ0n) is 8.92. The molecule has 17 heavy (non-hydrogen) atoms. The van der Waals surface area contributed by atoms with Gasteiger partial charge in [0, 0.05) is 18.7 Å². The number of rotatable bonds is 5. The molecule has 1 rings (SSSR count). The third-order valence-corrected chi connectivity index (χ3v) is 2.20. The second-order valence-corrected chi connectivity index (χ2v) is 3.49. The number of nitrogens with one attached hydrogen (secondary N) is 1. The van der Waals surface area contributed by atoms with Crippen molar-refractivity contribution in [1.29, 1.82) is 0 Å². The van der Waals surface area contributed by atoms with Crippen molar-refractivity contribution in [3.63, 3.8) is 0 Å². The molecule has 0 bridgehead atoms. The lowest BCUT2D eigenvalue weighted by Gasteiger charge is -2.10. The minimum atomic E-state index is -1.32. The first-order chi connectivity index (χ1) is 7.93. The molecule has 0 fully saturated rings. The van der Waals surface area contributed by atoms with Gasteiger partial charge in [-0.25, -0.2) is 0 Å². The molecule has 0 aliphatic carbocycles. The molecule has 1 aromatic carbocycles. The maximum Gasteiger partial charge on any atom is 0.247 e. The molecule has 0 heterocycles. The van der Waals surface area contributed by atoms with Crippen molar-refractivity contribution in [1.82, 2.24) is 5.32 Å². The fourth-order valence-corrected chi connectivity index (χ4v) is 1.20. The lowest BCUT2D eigenvalue weighted by atomic mass is 10.1. The first kappa shape index (κ1) is 13.1. The molecule has 0 spiro atoms. The largest absolute Gasteiger partial charge is 0.504 e. The van der Waals surface area contributed by atoms with Crippen LogP contribution in [0.4, 0.5) is 0 Å². The molecule has 7 N–H and O–H groups in total. The van der Waals surface area contributed by atoms with Crippen LogP contribution in [0.2, 0.25) is 0 Å². The van der Waals surface area contributed by atoms with E-state index in [2.05, 4.69) is 5.32 Å². The Morgan fingerprint density at radius 1 is 1.29 bits per heavy atom. The summed E-state index contributed by atoms with van der Waals surface area (Å²) >= 11 is 0. The van der Waals surface area contributed by atoms with Crippen LogP contribution in [0.15, 0.2) is 12.1 Å². The van der Waals surface area contributed by atoms with Crippen LogP contribution in [-0.4, -0.2) is 39.0 Å². The maximum atomic E-state index is 10.5. The third kappa shape index (κ3) is 3.23. The summed E-state index contributed by atoms with van der Waals surface area (Å²) in [6, 6.07) is 2.62. The zero-order chi connectivity index (χ0) is 13.0. The molecule has 0 aliphatic heterocycles. The number of aromatic hydroxyl groups is 3. The number of hydrogen-bond donors (Lipinski definition) is 6. The summed E-state index contributed by atoms with van der Waals surface area (Å²) in [6.07, 6.45) is -1.32. The number of benzene rings is 1. The van der Waals surface area contributed by atoms with Crippen molar-refractivity contribution < 1.29 is 25.2 Å². The Hall–Kier alpha value is -1.99. The van der Waals surface area contributed by atoms with Crippen molar-refractivity contribution in [2.24, 2.45) is 5.73 Å². The van der Waals surface area contributed by atoms with Gasteiger partial charge in [0.15, 0.2) is 11.5 Å². The van der Waals surface area contributed by atoms with Crippen molar-refractivity contribution in [2.45, 2.75) is 12.6 Å². The highest BCUT2D eigenvalue weighted by Gasteiger charge is 2.13. The maximum absolute atomic E-state index is 10.5. The standard InChI is InChI=1S/C10H14N2O5/c11-10(17)7(14)4-12-3-5-1-2-6(13)9(16)8(5)15/h1-2,7,12-16H,3-4H2,(H2,11,17). The Morgan fingerprint density at radius 3 is 2.53 bits per heavy atom. The topological polar surface area (TPSA) is 136 Å². The van der Waals surface area contributed by atoms with Crippen molar-refractivity contribution >= 4 is 5.91 Å². The predicted octanol–water partition coefficient (Wildman–Crippen LogP) is -1.26. The minimum absolute atomic E-state index is 0.0730. The summed E-state index contributed by atoms with van der Waals surface area (Å²) in [5.74, 6) is -2.34. The summed E-state index contributed by atoms with van der Waals surface area (Å²) < 4.78 is 0. The fraction of sp³-hybridized carbons (Fsp3) is 0.300. The van der Waals surface area contributed by atoms with Gasteiger partial charge in [0.25, 0.3) is 0 Å². The third-order valence-electron chi connectivity index (χ3n) is 2.20. The number of nitrogens with two attached hydrogens (primary N) is 1. The van der Waals surface area contributed by atoms with Gasteiger partial charge in [0.2, 0.25) is 11.7 Å². The monoisotopic (exact) mass is 242 g/mol. The number of aliphatic hydroxyl groups is 1. The van der Waals surface area contributed by atoms with Gasteiger partial charge in [-0.1, -0.05) is 6.07 Å². The van der Waals surface area contributed by atoms with Gasteiger partial charge < -0.3 is 31.5 Å². The van der Waals surface area contributed by atoms with Crippen LogP contribution >= 0.6 is 0 Å². The number of carbonyl (C=O) groups excluding carboxylic acids is 1. The van der Waals surface area contributed by atoms with E-state index < -0.39 is 29.3 Å². The van der Waals surface area contributed by atoms with Crippen molar-refractivity contribution in [3.8, 4) is 17.2 Å². The Balaban J connectivity index is 2.59. The van der Waals surface area contributed by atoms with Crippen LogP contribution in [0, 0.1) is 0 Å². The highest BCUT2D eigenvalue weighted by molar-refractivity contribution is 5.78. The minimum Gasteiger partial charge on any atom is -0.504 e. The van der Waals surface area contributed by atoms with Crippen LogP contribution < -0.4 is 11.1 Å². The molecule has 7 heteroatoms. The number of aliphatic hydroxyl groups excluding tert-OH is 1. The van der Waals surface area contributed by atoms with E-state index in [9.17, 15) is 15.0 Å². The van der Waals surface area contributed by atoms with Gasteiger partial charge in [-0.2, -0.15) is 0 Å². The highest BCUT2D eigenvalue weighted by Crippen LogP contribution is 2.36. The summed E-state index contributed by atoms with van der Waals surface area (Å²) in [4.78, 5) is 10.5. The van der Waals surface area contributed by atoms with Gasteiger partial charge in [0.1, 0.15) is 6.10 Å². The summed E-state index contributed by atoms with van der Waals surface area (Å²) in [5, 5.41) is 39.5. The smallest absolute Gasteiger partial charge is 0.247 e. The van der Waals surface area contributed by atoms with E-state index >= 15 is 0 Å². The molecule has 1 amide bonds. The van der Waals surface area contributed by atoms with Gasteiger partial charge in [0.05, 0.1) is 0 Å². The molecule has 1 unspecified atom stereocenters. The first-order valence-electron chi connectivity index (χ1n) is 4.84. The van der Waals surface area contributed by atoms with E-state index in [1.54, 1.807) is 0 Å². The van der Waals surface area contributed by atoms with E-state index in [0.29, 0.717) is 5.56 Å². The molecule has 1 aromatic rings. The molecule has 0 radical (unpaired) electrons. The van der Waals surface area contributed by atoms with E-state index in [1.165, 1.54) is 12.1 Å². The van der Waals surface area contributed by atoms with Crippen LogP contribution in [0.3, 0.4) is 0 Å². The van der Waals surface area contributed by atoms with E-state index in [0.717, 1.165) is 0 Å². The Labute approximate surface area is 97.1 Å². The van der Waals surface area contributed by atoms with Crippen molar-refractivity contribution in [3.05, 3.63) is 17.7 Å². The quantitative estimate of drug-likeness (QED) is 0.357. The molecule has 94 valence electrons. The first-order valence-corrected chi connectivity index (χ1v) is 4.84. The zero-order valence-corrected chi connectivity index (χ0v) is 8.92. The number of primary amides is 1. The number of carbonyl (C=O) groups is 1. The SMILES string of the molecule is NC(=O)C(O)CNCc1ccc(O)c(O)c1O. The second-order valence-electron chi connectivity index (χ2n) is 3.49. The Kier molecular flexibility index (Phi) is 4.13. The predicted molar refractivity (Wildman–Crippen MR) is 58.3 cm³/mol. The number of phenolic OH excluding ortho intramolecular Hbond substituents is 3. The highest BCUT2D eigenvalue weighted by atomic mass is 16.3. The Bertz CT molecular complexity index is 421. The van der Waals surface area contributed by atoms with E-state index in [-0.39, 0.29) is 13.1 Å². The van der Waals surface area contributed by atoms with Crippen molar-refractivity contribution in [2.75, 3.05) is 6.54 Å². The van der Waals surface area contributed by atoms with Crippen LogP contribution in [-0.2, 0) is 11.3 Å². The van der Waals surface area contributed by atoms with Crippen LogP contribution in [0.1, 0.15) is 5.56 Å². The molecule has 0 saturated carbocycles. The summed E-state index contributed by atoms with van der Waals surface area (Å²) in [6.45, 7) is 0.0282. The lowest BCUT2D eigenvalue weighted by molar-refractivity contribution is -0.125. The molecule has 0 aromatic heterocycles. The Morgan fingerprint density at radius 2 is 1.94 bits per heavy atom. The number of amides is 1. The van der Waals surface area contributed by atoms with Gasteiger partial charge in [-0.05, 0) is 6.07 Å². The fourth-order valence-electron chi connectivity index (χ4n) is 1.20. The summed E-state index contributed by atoms with van der Waals surface area (Å²) in [7, 11) is 0. The average Bonchev–Trinajstić information content (AvgIpc) is 2.28. The molecule has 7 nitrogen and oxygen atoms in total. The lowest BCUT2D eigenvalue weighted by Crippen LogP contribution is -2.37. The van der Waals surface area contributed by atoms with E-state index in [1.807, 2.05) is 0 Å². The van der Waals surface area contributed by atoms with Crippen LogP contribution in [0.5, 0.6) is 17.2 Å². The number of phenols is 3. The second kappa shape index (κ2) is 5.37.